The molecule has 0 atom stereocenters. The Hall–Kier alpha value is -3.89. The molecule has 0 spiro atoms. The highest BCUT2D eigenvalue weighted by Crippen LogP contribution is 2.34. The van der Waals surface area contributed by atoms with Crippen molar-refractivity contribution in [2.24, 2.45) is 0 Å². The zero-order valence-corrected chi connectivity index (χ0v) is 18.2. The first kappa shape index (κ1) is 21.9. The summed E-state index contributed by atoms with van der Waals surface area (Å²) in [6.07, 6.45) is 4.74. The Morgan fingerprint density at radius 3 is 2.62 bits per heavy atom. The molecule has 1 amide bonds. The molecule has 0 radical (unpaired) electrons. The van der Waals surface area contributed by atoms with Crippen molar-refractivity contribution in [1.82, 2.24) is 29.2 Å². The fraction of sp³-hybridized carbons (Fsp3) is 0.304. The first-order valence-electron chi connectivity index (χ1n) is 10.8. The van der Waals surface area contributed by atoms with Gasteiger partial charge in [-0.2, -0.15) is 18.3 Å². The van der Waals surface area contributed by atoms with Crippen LogP contribution in [0.25, 0.3) is 27.8 Å². The van der Waals surface area contributed by atoms with Crippen molar-refractivity contribution in [3.63, 3.8) is 0 Å². The SMILES string of the molecule is Cc1cc(-c2cncc(C(=O)N3CCCC3)c2)nc2cn(-c3cnn(CC(F)(F)F)c3)c(O)c12. The first-order chi connectivity index (χ1) is 16.2. The largest absolute Gasteiger partial charge is 0.494 e. The number of pyridine rings is 2. The van der Waals surface area contributed by atoms with Gasteiger partial charge >= 0.3 is 6.18 Å². The zero-order chi connectivity index (χ0) is 24.0. The third-order valence-corrected chi connectivity index (χ3v) is 5.86. The van der Waals surface area contributed by atoms with E-state index in [-0.39, 0.29) is 17.5 Å². The fourth-order valence-electron chi connectivity index (χ4n) is 4.28. The van der Waals surface area contributed by atoms with Gasteiger partial charge in [0.05, 0.1) is 34.0 Å². The maximum absolute atomic E-state index is 12.8. The van der Waals surface area contributed by atoms with Gasteiger partial charge in [-0.3, -0.25) is 19.0 Å². The molecule has 1 fully saturated rings. The highest BCUT2D eigenvalue weighted by atomic mass is 19.4. The van der Waals surface area contributed by atoms with E-state index in [1.807, 2.05) is 0 Å². The van der Waals surface area contributed by atoms with E-state index in [9.17, 15) is 23.1 Å². The van der Waals surface area contributed by atoms with Crippen LogP contribution in [-0.4, -0.2) is 59.5 Å². The lowest BCUT2D eigenvalue weighted by Gasteiger charge is -2.15. The number of carbonyl (C=O) groups excluding carboxylic acids is 1. The lowest BCUT2D eigenvalue weighted by molar-refractivity contribution is -0.142. The predicted octanol–water partition coefficient (Wildman–Crippen LogP) is 4.10. The van der Waals surface area contributed by atoms with Gasteiger partial charge in [-0.15, -0.1) is 0 Å². The van der Waals surface area contributed by atoms with E-state index in [1.54, 1.807) is 36.4 Å². The van der Waals surface area contributed by atoms with Crippen molar-refractivity contribution >= 4 is 16.8 Å². The summed E-state index contributed by atoms with van der Waals surface area (Å²) in [6.45, 7) is 2.05. The molecular formula is C23H21F3N6O2. The van der Waals surface area contributed by atoms with Crippen molar-refractivity contribution in [2.75, 3.05) is 13.1 Å². The molecule has 11 heteroatoms. The Balaban J connectivity index is 1.51. The second kappa shape index (κ2) is 8.15. The number of nitrogens with zero attached hydrogens (tertiary/aromatic N) is 6. The maximum atomic E-state index is 12.8. The standard InChI is InChI=1S/C23H21F3N6O2/c1-14-6-18(15-7-16(9-27-8-15)21(33)30-4-2-3-5-30)29-19-12-32(22(34)20(14)19)17-10-28-31(11-17)13-23(24,25)26/h6-12,34H,2-5,13H2,1H3. The molecule has 5 rings (SSSR count). The van der Waals surface area contributed by atoms with Gasteiger partial charge in [-0.25, -0.2) is 4.98 Å². The maximum Gasteiger partial charge on any atom is 0.408 e. The van der Waals surface area contributed by atoms with Crippen LogP contribution in [0.1, 0.15) is 28.8 Å². The summed E-state index contributed by atoms with van der Waals surface area (Å²) in [5.41, 5.74) is 3.15. The Kier molecular flexibility index (Phi) is 5.26. The Morgan fingerprint density at radius 2 is 1.88 bits per heavy atom. The third-order valence-electron chi connectivity index (χ3n) is 5.86. The number of aromatic nitrogens is 5. The smallest absolute Gasteiger partial charge is 0.408 e. The molecule has 4 aromatic heterocycles. The van der Waals surface area contributed by atoms with Crippen LogP contribution in [-0.2, 0) is 6.54 Å². The molecule has 5 heterocycles. The number of hydrogen-bond acceptors (Lipinski definition) is 5. The summed E-state index contributed by atoms with van der Waals surface area (Å²) in [5.74, 6) is -0.210. The molecule has 0 aliphatic carbocycles. The monoisotopic (exact) mass is 470 g/mol. The predicted molar refractivity (Wildman–Crippen MR) is 118 cm³/mol. The normalized spacial score (nSPS) is 14.3. The van der Waals surface area contributed by atoms with Gasteiger partial charge in [0.15, 0.2) is 0 Å². The van der Waals surface area contributed by atoms with E-state index in [1.165, 1.54) is 23.2 Å². The summed E-state index contributed by atoms with van der Waals surface area (Å²) < 4.78 is 40.1. The zero-order valence-electron chi connectivity index (χ0n) is 18.2. The second-order valence-corrected chi connectivity index (χ2v) is 8.38. The summed E-state index contributed by atoms with van der Waals surface area (Å²) in [6, 6.07) is 3.53. The lowest BCUT2D eigenvalue weighted by Crippen LogP contribution is -2.27. The van der Waals surface area contributed by atoms with E-state index in [0.717, 1.165) is 36.2 Å². The number of carbonyl (C=O) groups is 1. The van der Waals surface area contributed by atoms with Crippen molar-refractivity contribution < 1.29 is 23.1 Å². The van der Waals surface area contributed by atoms with E-state index in [4.69, 9.17) is 0 Å². The number of halogens is 3. The van der Waals surface area contributed by atoms with Crippen molar-refractivity contribution in [3.05, 3.63) is 54.2 Å². The summed E-state index contributed by atoms with van der Waals surface area (Å²) >= 11 is 0. The summed E-state index contributed by atoms with van der Waals surface area (Å²) in [4.78, 5) is 23.4. The Labute approximate surface area is 192 Å². The van der Waals surface area contributed by atoms with Crippen molar-refractivity contribution in [1.29, 1.82) is 0 Å². The number of fused-ring (bicyclic) bond motifs is 1. The molecule has 0 aromatic carbocycles. The van der Waals surface area contributed by atoms with E-state index in [0.29, 0.717) is 27.7 Å². The molecule has 176 valence electrons. The van der Waals surface area contributed by atoms with Gasteiger partial charge in [0.1, 0.15) is 6.54 Å². The van der Waals surface area contributed by atoms with Crippen LogP contribution in [0.15, 0.2) is 43.1 Å². The van der Waals surface area contributed by atoms with Crippen LogP contribution < -0.4 is 0 Å². The summed E-state index contributed by atoms with van der Waals surface area (Å²) in [7, 11) is 0. The highest BCUT2D eigenvalue weighted by Gasteiger charge is 2.28. The minimum absolute atomic E-state index is 0.0654. The van der Waals surface area contributed by atoms with Gasteiger partial charge in [0.25, 0.3) is 5.91 Å². The second-order valence-electron chi connectivity index (χ2n) is 8.38. The van der Waals surface area contributed by atoms with E-state index < -0.39 is 12.7 Å². The molecule has 4 aromatic rings. The number of aromatic hydroxyl groups is 1. The molecule has 1 N–H and O–H groups in total. The van der Waals surface area contributed by atoms with Gasteiger partial charge in [-0.1, -0.05) is 0 Å². The van der Waals surface area contributed by atoms with Gasteiger partial charge in [-0.05, 0) is 37.5 Å². The first-order valence-corrected chi connectivity index (χ1v) is 10.8. The molecule has 8 nitrogen and oxygen atoms in total. The highest BCUT2D eigenvalue weighted by molar-refractivity contribution is 5.95. The minimum Gasteiger partial charge on any atom is -0.494 e. The number of hydrogen-bond donors (Lipinski definition) is 1. The van der Waals surface area contributed by atoms with Crippen LogP contribution in [0.4, 0.5) is 13.2 Å². The minimum atomic E-state index is -4.40. The van der Waals surface area contributed by atoms with Crippen LogP contribution in [0.2, 0.25) is 0 Å². The van der Waals surface area contributed by atoms with Crippen molar-refractivity contribution in [2.45, 2.75) is 32.5 Å². The Bertz CT molecular complexity index is 1390. The topological polar surface area (TPSA) is 89.1 Å². The molecule has 1 aliphatic rings. The van der Waals surface area contributed by atoms with E-state index >= 15 is 0 Å². The number of amides is 1. The quantitative estimate of drug-likeness (QED) is 0.485. The van der Waals surface area contributed by atoms with Crippen LogP contribution in [0, 0.1) is 6.92 Å². The molecule has 1 saturated heterocycles. The third kappa shape index (κ3) is 4.09. The van der Waals surface area contributed by atoms with E-state index in [2.05, 4.69) is 15.1 Å². The van der Waals surface area contributed by atoms with Crippen LogP contribution >= 0.6 is 0 Å². The molecule has 0 unspecified atom stereocenters. The fourth-order valence-corrected chi connectivity index (χ4v) is 4.28. The number of aryl methyl sites for hydroxylation is 1. The number of rotatable bonds is 4. The average Bonchev–Trinajstić information content (AvgIpc) is 3.53. The molecule has 34 heavy (non-hydrogen) atoms. The average molecular weight is 470 g/mol. The Morgan fingerprint density at radius 1 is 1.12 bits per heavy atom. The molecule has 1 aliphatic heterocycles. The molecule has 0 bridgehead atoms. The molecular weight excluding hydrogens is 449 g/mol. The number of alkyl halides is 3. The van der Waals surface area contributed by atoms with Crippen LogP contribution in [0.3, 0.4) is 0 Å². The van der Waals surface area contributed by atoms with Crippen molar-refractivity contribution in [3.8, 4) is 22.8 Å². The van der Waals surface area contributed by atoms with Gasteiger partial charge in [0, 0.05) is 43.4 Å². The lowest BCUT2D eigenvalue weighted by atomic mass is 10.1. The summed E-state index contributed by atoms with van der Waals surface area (Å²) in [5, 5.41) is 15.0. The van der Waals surface area contributed by atoms with Gasteiger partial charge in [0.2, 0.25) is 5.88 Å². The van der Waals surface area contributed by atoms with Crippen LogP contribution in [0.5, 0.6) is 5.88 Å². The number of likely N-dealkylation sites (tertiary alicyclic amines) is 1. The molecule has 0 saturated carbocycles. The van der Waals surface area contributed by atoms with Gasteiger partial charge < -0.3 is 10.0 Å².